The molecule has 1 aliphatic heterocycles. The number of hydrogen-bond acceptors (Lipinski definition) is 5. The van der Waals surface area contributed by atoms with Crippen LogP contribution in [-0.4, -0.2) is 22.8 Å². The van der Waals surface area contributed by atoms with Crippen LogP contribution in [0.4, 0.5) is 0 Å². The molecule has 0 radical (unpaired) electrons. The highest BCUT2D eigenvalue weighted by atomic mass is 16.5. The highest BCUT2D eigenvalue weighted by Crippen LogP contribution is 2.33. The number of benzene rings is 3. The molecule has 6 nitrogen and oxygen atoms in total. The van der Waals surface area contributed by atoms with E-state index in [1.165, 1.54) is 18.9 Å². The maximum absolute atomic E-state index is 12.2. The van der Waals surface area contributed by atoms with E-state index >= 15 is 0 Å². The third-order valence-corrected chi connectivity index (χ3v) is 4.64. The lowest BCUT2D eigenvalue weighted by atomic mass is 10.0. The van der Waals surface area contributed by atoms with Crippen molar-refractivity contribution in [2.75, 3.05) is 0 Å². The van der Waals surface area contributed by atoms with E-state index in [1.807, 2.05) is 54.6 Å². The summed E-state index contributed by atoms with van der Waals surface area (Å²) in [7, 11) is 0. The van der Waals surface area contributed by atoms with Crippen molar-refractivity contribution >= 4 is 17.8 Å². The molecule has 0 unspecified atom stereocenters. The molecule has 1 heterocycles. The first kappa shape index (κ1) is 19.4. The highest BCUT2D eigenvalue weighted by molar-refractivity contribution is 5.99. The Morgan fingerprint density at radius 3 is 2.17 bits per heavy atom. The fraction of sp³-hybridized carbons (Fsp3) is 0.125. The fourth-order valence-corrected chi connectivity index (χ4v) is 3.25. The normalized spacial score (nSPS) is 15.3. The van der Waals surface area contributed by atoms with Gasteiger partial charge in [-0.3, -0.25) is 9.59 Å². The molecule has 6 heteroatoms. The molecule has 3 aromatic carbocycles. The van der Waals surface area contributed by atoms with Crippen LogP contribution in [0.25, 0.3) is 11.1 Å². The van der Waals surface area contributed by atoms with E-state index in [2.05, 4.69) is 5.10 Å². The number of carbonyl (C=O) groups excluding carboxylic acids is 2. The van der Waals surface area contributed by atoms with Crippen LogP contribution in [0, 0.1) is 0 Å². The van der Waals surface area contributed by atoms with Gasteiger partial charge in [-0.1, -0.05) is 66.7 Å². The van der Waals surface area contributed by atoms with Gasteiger partial charge >= 0.3 is 5.97 Å². The first-order valence-corrected chi connectivity index (χ1v) is 9.51. The van der Waals surface area contributed by atoms with Crippen LogP contribution in [0.3, 0.4) is 0 Å². The smallest absolute Gasteiger partial charge is 0.308 e. The van der Waals surface area contributed by atoms with Crippen LogP contribution >= 0.6 is 0 Å². The summed E-state index contributed by atoms with van der Waals surface area (Å²) < 4.78 is 11.3. The second-order valence-electron chi connectivity index (χ2n) is 6.82. The van der Waals surface area contributed by atoms with Crippen LogP contribution in [0.1, 0.15) is 31.2 Å². The molecule has 0 fully saturated rings. The zero-order valence-electron chi connectivity index (χ0n) is 16.6. The van der Waals surface area contributed by atoms with E-state index in [1.54, 1.807) is 24.3 Å². The van der Waals surface area contributed by atoms with E-state index in [0.717, 1.165) is 16.7 Å². The van der Waals surface area contributed by atoms with E-state index in [0.29, 0.717) is 11.3 Å². The number of carbonyl (C=O) groups is 2. The van der Waals surface area contributed by atoms with E-state index in [4.69, 9.17) is 9.47 Å². The van der Waals surface area contributed by atoms with E-state index in [9.17, 15) is 9.59 Å². The largest absolute Gasteiger partial charge is 0.446 e. The summed E-state index contributed by atoms with van der Waals surface area (Å²) >= 11 is 0. The summed E-state index contributed by atoms with van der Waals surface area (Å²) in [6.07, 6.45) is -0.701. The number of rotatable bonds is 4. The van der Waals surface area contributed by atoms with Gasteiger partial charge < -0.3 is 9.47 Å². The highest BCUT2D eigenvalue weighted by Gasteiger charge is 2.34. The number of ether oxygens (including phenoxy) is 2. The molecule has 0 N–H and O–H groups in total. The molecule has 3 aromatic rings. The Balaban J connectivity index is 1.63. The number of esters is 1. The standard InChI is InChI=1S/C24H20N2O4/c1-16(27)26-24(20-14-12-19(13-15-20)18-8-4-3-5-9-18)30-23(25-26)21-10-6-7-11-22(21)29-17(2)28/h3-15,24H,1-2H3/t24-/m1/s1. The quantitative estimate of drug-likeness (QED) is 0.477. The van der Waals surface area contributed by atoms with Crippen molar-refractivity contribution in [2.24, 2.45) is 5.10 Å². The van der Waals surface area contributed by atoms with Gasteiger partial charge in [-0.15, -0.1) is 5.10 Å². The lowest BCUT2D eigenvalue weighted by Gasteiger charge is -2.19. The van der Waals surface area contributed by atoms with Gasteiger partial charge in [0.15, 0.2) is 0 Å². The Morgan fingerprint density at radius 2 is 1.50 bits per heavy atom. The molecule has 0 aliphatic carbocycles. The van der Waals surface area contributed by atoms with Gasteiger partial charge in [-0.2, -0.15) is 5.01 Å². The Labute approximate surface area is 174 Å². The third-order valence-electron chi connectivity index (χ3n) is 4.64. The molecule has 0 spiro atoms. The van der Waals surface area contributed by atoms with Gasteiger partial charge in [-0.05, 0) is 23.3 Å². The average molecular weight is 400 g/mol. The summed E-state index contributed by atoms with van der Waals surface area (Å²) in [6.45, 7) is 2.76. The number of para-hydroxylation sites is 1. The van der Waals surface area contributed by atoms with Crippen molar-refractivity contribution in [3.8, 4) is 16.9 Å². The molecular weight excluding hydrogens is 380 g/mol. The molecule has 150 valence electrons. The number of amides is 1. The zero-order chi connectivity index (χ0) is 21.1. The summed E-state index contributed by atoms with van der Waals surface area (Å²) in [5.74, 6) is -0.156. The second kappa shape index (κ2) is 8.21. The lowest BCUT2D eigenvalue weighted by Crippen LogP contribution is -2.25. The SMILES string of the molecule is CC(=O)Oc1ccccc1C1=NN(C(C)=O)[C@@H](c2ccc(-c3ccccc3)cc2)O1. The molecule has 4 rings (SSSR count). The van der Waals surface area contributed by atoms with Crippen molar-refractivity contribution in [1.29, 1.82) is 0 Å². The summed E-state index contributed by atoms with van der Waals surface area (Å²) in [4.78, 5) is 23.6. The van der Waals surface area contributed by atoms with Gasteiger partial charge in [0.25, 0.3) is 0 Å². The van der Waals surface area contributed by atoms with Gasteiger partial charge in [0, 0.05) is 19.4 Å². The maximum atomic E-state index is 12.2. The van der Waals surface area contributed by atoms with Crippen LogP contribution in [-0.2, 0) is 14.3 Å². The van der Waals surface area contributed by atoms with Crippen molar-refractivity contribution in [3.63, 3.8) is 0 Å². The van der Waals surface area contributed by atoms with Crippen molar-refractivity contribution in [3.05, 3.63) is 90.0 Å². The van der Waals surface area contributed by atoms with Crippen LogP contribution < -0.4 is 4.74 Å². The Morgan fingerprint density at radius 1 is 0.867 bits per heavy atom. The van der Waals surface area contributed by atoms with Crippen LogP contribution in [0.2, 0.25) is 0 Å². The Bertz CT molecular complexity index is 1110. The summed E-state index contributed by atoms with van der Waals surface area (Å²) in [5.41, 5.74) is 3.45. The third kappa shape index (κ3) is 3.93. The molecule has 30 heavy (non-hydrogen) atoms. The minimum absolute atomic E-state index is 0.221. The molecule has 0 bridgehead atoms. The fourth-order valence-electron chi connectivity index (χ4n) is 3.25. The topological polar surface area (TPSA) is 68.2 Å². The molecule has 1 atom stereocenters. The van der Waals surface area contributed by atoms with E-state index < -0.39 is 12.2 Å². The molecular formula is C24H20N2O4. The molecule has 1 aliphatic rings. The minimum Gasteiger partial charge on any atom is -0.446 e. The minimum atomic E-state index is -0.701. The predicted molar refractivity (Wildman–Crippen MR) is 113 cm³/mol. The van der Waals surface area contributed by atoms with Crippen LogP contribution in [0.5, 0.6) is 5.75 Å². The Hall–Kier alpha value is -3.93. The second-order valence-corrected chi connectivity index (χ2v) is 6.82. The predicted octanol–water partition coefficient (Wildman–Crippen LogP) is 4.52. The Kier molecular flexibility index (Phi) is 5.30. The van der Waals surface area contributed by atoms with Crippen molar-refractivity contribution in [1.82, 2.24) is 5.01 Å². The molecule has 0 aromatic heterocycles. The van der Waals surface area contributed by atoms with Gasteiger partial charge in [0.1, 0.15) is 5.75 Å². The number of nitrogens with zero attached hydrogens (tertiary/aromatic N) is 2. The molecule has 0 saturated carbocycles. The summed E-state index contributed by atoms with van der Waals surface area (Å²) in [6, 6.07) is 24.7. The first-order chi connectivity index (χ1) is 14.5. The zero-order valence-corrected chi connectivity index (χ0v) is 16.6. The first-order valence-electron chi connectivity index (χ1n) is 9.51. The van der Waals surface area contributed by atoms with Crippen molar-refractivity contribution in [2.45, 2.75) is 20.1 Å². The maximum Gasteiger partial charge on any atom is 0.308 e. The molecule has 1 amide bonds. The number of hydrazone groups is 1. The van der Waals surface area contributed by atoms with Gasteiger partial charge in [0.2, 0.25) is 18.0 Å². The van der Waals surface area contributed by atoms with E-state index in [-0.39, 0.29) is 11.8 Å². The van der Waals surface area contributed by atoms with Gasteiger partial charge in [0.05, 0.1) is 5.56 Å². The number of hydrogen-bond donors (Lipinski definition) is 0. The van der Waals surface area contributed by atoms with Crippen LogP contribution in [0.15, 0.2) is 84.0 Å². The van der Waals surface area contributed by atoms with Gasteiger partial charge in [-0.25, -0.2) is 0 Å². The average Bonchev–Trinajstić information content (AvgIpc) is 3.20. The monoisotopic (exact) mass is 400 g/mol. The van der Waals surface area contributed by atoms with Crippen molar-refractivity contribution < 1.29 is 19.1 Å². The lowest BCUT2D eigenvalue weighted by molar-refractivity contribution is -0.135. The summed E-state index contributed by atoms with van der Waals surface area (Å²) in [5, 5.41) is 5.64. The molecule has 0 saturated heterocycles.